The van der Waals surface area contributed by atoms with Crippen LogP contribution in [0.3, 0.4) is 0 Å². The van der Waals surface area contributed by atoms with Gasteiger partial charge in [-0.15, -0.1) is 0 Å². The molecular formula is C26H34N2O4. The van der Waals surface area contributed by atoms with Crippen LogP contribution in [0.5, 0.6) is 5.75 Å². The molecule has 1 aliphatic rings. The van der Waals surface area contributed by atoms with E-state index >= 15 is 0 Å². The van der Waals surface area contributed by atoms with Crippen LogP contribution in [0.2, 0.25) is 0 Å². The van der Waals surface area contributed by atoms with Crippen molar-refractivity contribution in [2.24, 2.45) is 5.92 Å². The molecule has 1 atom stereocenters. The van der Waals surface area contributed by atoms with E-state index in [1.807, 2.05) is 40.0 Å². The van der Waals surface area contributed by atoms with Crippen LogP contribution in [0.1, 0.15) is 50.9 Å². The molecule has 1 aromatic carbocycles. The van der Waals surface area contributed by atoms with Gasteiger partial charge in [0.05, 0.1) is 23.5 Å². The van der Waals surface area contributed by atoms with E-state index in [9.17, 15) is 14.7 Å². The topological polar surface area (TPSA) is 79.7 Å². The van der Waals surface area contributed by atoms with Gasteiger partial charge in [0, 0.05) is 43.1 Å². The fourth-order valence-corrected chi connectivity index (χ4v) is 4.14. The Balaban J connectivity index is 0.00000176. The lowest BCUT2D eigenvalue weighted by molar-refractivity contribution is -0.110. The highest BCUT2D eigenvalue weighted by Gasteiger charge is 2.28. The van der Waals surface area contributed by atoms with Crippen molar-refractivity contribution < 1.29 is 19.4 Å². The van der Waals surface area contributed by atoms with E-state index in [-0.39, 0.29) is 12.4 Å². The molecule has 0 amide bonds. The van der Waals surface area contributed by atoms with E-state index in [2.05, 4.69) is 11.8 Å². The third-order valence-corrected chi connectivity index (χ3v) is 5.70. The predicted octanol–water partition coefficient (Wildman–Crippen LogP) is 4.68. The Morgan fingerprint density at radius 2 is 2.00 bits per heavy atom. The Labute approximate surface area is 190 Å². The van der Waals surface area contributed by atoms with Gasteiger partial charge in [-0.3, -0.25) is 4.79 Å². The highest BCUT2D eigenvalue weighted by molar-refractivity contribution is 5.89. The average molecular weight is 439 g/mol. The summed E-state index contributed by atoms with van der Waals surface area (Å²) < 4.78 is 5.19. The maximum absolute atomic E-state index is 11.7. The van der Waals surface area contributed by atoms with Crippen molar-refractivity contribution >= 4 is 29.2 Å². The lowest BCUT2D eigenvalue weighted by Crippen LogP contribution is -2.13. The predicted molar refractivity (Wildman–Crippen MR) is 128 cm³/mol. The standard InChI is InChI=1S/C24H28N2O4.C2H6/c1-5-15(12-27)19(16(13-28)14-30-4)10-23-24-21(11-26(23)3)18(6-2)20-9-17(29)7-8-22(20)25-24;1-2/h7-10,12-13,15,29H,5-6,11,14H2,1-4H3;1-2H3/b19-16-,23-10-;. The second-order valence-electron chi connectivity index (χ2n) is 7.54. The molecule has 6 nitrogen and oxygen atoms in total. The number of rotatable bonds is 8. The minimum atomic E-state index is -0.395. The second-order valence-corrected chi connectivity index (χ2v) is 7.54. The largest absolute Gasteiger partial charge is 0.508 e. The Morgan fingerprint density at radius 3 is 2.56 bits per heavy atom. The van der Waals surface area contributed by atoms with Crippen LogP contribution in [0.25, 0.3) is 16.6 Å². The summed E-state index contributed by atoms with van der Waals surface area (Å²) in [5, 5.41) is 10.9. The van der Waals surface area contributed by atoms with Gasteiger partial charge in [0.1, 0.15) is 18.3 Å². The monoisotopic (exact) mass is 438 g/mol. The minimum absolute atomic E-state index is 0.147. The lowest BCUT2D eigenvalue weighted by atomic mass is 9.92. The molecule has 2 heterocycles. The maximum Gasteiger partial charge on any atom is 0.148 e. The van der Waals surface area contributed by atoms with Gasteiger partial charge in [0.15, 0.2) is 0 Å². The molecule has 1 unspecified atom stereocenters. The van der Waals surface area contributed by atoms with Crippen LogP contribution in [0.4, 0.5) is 0 Å². The normalized spacial score (nSPS) is 15.7. The molecule has 6 heteroatoms. The number of phenols is 1. The molecule has 0 spiro atoms. The number of aromatic nitrogens is 1. The number of benzene rings is 1. The molecule has 172 valence electrons. The molecule has 0 bridgehead atoms. The molecule has 0 saturated carbocycles. The third-order valence-electron chi connectivity index (χ3n) is 5.70. The summed E-state index contributed by atoms with van der Waals surface area (Å²) in [6.07, 6.45) is 4.96. The average Bonchev–Trinajstić information content (AvgIpc) is 3.12. The Kier molecular flexibility index (Phi) is 9.14. The first-order valence-electron chi connectivity index (χ1n) is 11.2. The Hall–Kier alpha value is -2.99. The SMILES string of the molecule is CC.CCc1c2c(nc3ccc(O)cc13)/C(=C/C(=C(\C=O)COC)C(C=O)CC)N(C)C2. The number of aromatic hydroxyl groups is 1. The van der Waals surface area contributed by atoms with Crippen molar-refractivity contribution in [1.29, 1.82) is 0 Å². The summed E-state index contributed by atoms with van der Waals surface area (Å²) in [6, 6.07) is 5.22. The molecule has 1 aliphatic heterocycles. The van der Waals surface area contributed by atoms with Crippen molar-refractivity contribution in [1.82, 2.24) is 9.88 Å². The van der Waals surface area contributed by atoms with Gasteiger partial charge in [-0.2, -0.15) is 0 Å². The number of carbonyl (C=O) groups is 2. The molecular weight excluding hydrogens is 404 g/mol. The lowest BCUT2D eigenvalue weighted by Gasteiger charge is -2.18. The molecule has 0 fully saturated rings. The number of aryl methyl sites for hydroxylation is 1. The van der Waals surface area contributed by atoms with E-state index < -0.39 is 5.92 Å². The number of allylic oxidation sites excluding steroid dienone is 2. The first-order chi connectivity index (χ1) is 15.5. The zero-order chi connectivity index (χ0) is 23.8. The number of aldehydes is 2. The van der Waals surface area contributed by atoms with Crippen LogP contribution in [-0.2, 0) is 27.3 Å². The van der Waals surface area contributed by atoms with Gasteiger partial charge >= 0.3 is 0 Å². The highest BCUT2D eigenvalue weighted by Crippen LogP contribution is 2.38. The third kappa shape index (κ3) is 4.91. The number of ether oxygens (including phenoxy) is 1. The summed E-state index contributed by atoms with van der Waals surface area (Å²) in [6.45, 7) is 8.84. The van der Waals surface area contributed by atoms with E-state index in [1.165, 1.54) is 7.11 Å². The molecule has 0 aliphatic carbocycles. The van der Waals surface area contributed by atoms with Crippen molar-refractivity contribution in [2.45, 2.75) is 47.1 Å². The van der Waals surface area contributed by atoms with Crippen LogP contribution in [-0.4, -0.2) is 48.3 Å². The second kappa shape index (κ2) is 11.6. The van der Waals surface area contributed by atoms with Crippen LogP contribution in [0, 0.1) is 5.92 Å². The summed E-state index contributed by atoms with van der Waals surface area (Å²) in [7, 11) is 3.51. The van der Waals surface area contributed by atoms with E-state index in [4.69, 9.17) is 9.72 Å². The summed E-state index contributed by atoms with van der Waals surface area (Å²) in [4.78, 5) is 30.4. The van der Waals surface area contributed by atoms with Gasteiger partial charge < -0.3 is 19.5 Å². The molecule has 3 rings (SSSR count). The van der Waals surface area contributed by atoms with Crippen molar-refractivity contribution in [3.63, 3.8) is 0 Å². The Morgan fingerprint density at radius 1 is 1.28 bits per heavy atom. The molecule has 32 heavy (non-hydrogen) atoms. The summed E-state index contributed by atoms with van der Waals surface area (Å²) in [5.41, 5.74) is 5.94. The fraction of sp³-hybridized carbons (Fsp3) is 0.423. The van der Waals surface area contributed by atoms with Gasteiger partial charge in [-0.05, 0) is 48.3 Å². The van der Waals surface area contributed by atoms with E-state index in [0.29, 0.717) is 24.1 Å². The minimum Gasteiger partial charge on any atom is -0.508 e. The zero-order valence-electron chi connectivity index (χ0n) is 19.9. The number of nitrogens with zero attached hydrogens (tertiary/aromatic N) is 2. The van der Waals surface area contributed by atoms with Gasteiger partial charge in [0.2, 0.25) is 0 Å². The summed E-state index contributed by atoms with van der Waals surface area (Å²) in [5.74, 6) is -0.174. The van der Waals surface area contributed by atoms with Crippen molar-refractivity contribution in [3.05, 3.63) is 52.2 Å². The maximum atomic E-state index is 11.7. The van der Waals surface area contributed by atoms with Crippen LogP contribution < -0.4 is 0 Å². The first-order valence-corrected chi connectivity index (χ1v) is 11.2. The number of carbonyl (C=O) groups excluding carboxylic acids is 2. The van der Waals surface area contributed by atoms with Crippen molar-refractivity contribution in [2.75, 3.05) is 20.8 Å². The van der Waals surface area contributed by atoms with Crippen LogP contribution >= 0.6 is 0 Å². The van der Waals surface area contributed by atoms with E-state index in [1.54, 1.807) is 12.1 Å². The fourth-order valence-electron chi connectivity index (χ4n) is 4.14. The highest BCUT2D eigenvalue weighted by atomic mass is 16.5. The summed E-state index contributed by atoms with van der Waals surface area (Å²) >= 11 is 0. The van der Waals surface area contributed by atoms with Crippen LogP contribution in [0.15, 0.2) is 35.4 Å². The zero-order valence-corrected chi connectivity index (χ0v) is 19.9. The molecule has 2 aromatic rings. The number of hydrogen-bond acceptors (Lipinski definition) is 6. The molecule has 1 aromatic heterocycles. The molecule has 0 saturated heterocycles. The number of pyridine rings is 1. The number of hydrogen-bond donors (Lipinski definition) is 1. The first kappa shape index (κ1) is 25.3. The number of phenolic OH excluding ortho intramolecular Hbond substituents is 1. The van der Waals surface area contributed by atoms with Gasteiger partial charge in [-0.1, -0.05) is 27.7 Å². The molecule has 0 radical (unpaired) electrons. The quantitative estimate of drug-likeness (QED) is 0.476. The molecule has 1 N–H and O–H groups in total. The van der Waals surface area contributed by atoms with E-state index in [0.717, 1.165) is 52.4 Å². The number of methoxy groups -OCH3 is 1. The van der Waals surface area contributed by atoms with Gasteiger partial charge in [0.25, 0.3) is 0 Å². The Bertz CT molecular complexity index is 1040. The number of fused-ring (bicyclic) bond motifs is 2. The van der Waals surface area contributed by atoms with Crippen molar-refractivity contribution in [3.8, 4) is 5.75 Å². The van der Waals surface area contributed by atoms with Gasteiger partial charge in [-0.25, -0.2) is 4.98 Å². The smallest absolute Gasteiger partial charge is 0.148 e.